The van der Waals surface area contributed by atoms with Gasteiger partial charge in [-0.05, 0) is 6.42 Å². The van der Waals surface area contributed by atoms with Crippen LogP contribution in [0.1, 0.15) is 19.3 Å². The molecule has 0 bridgehead atoms. The molecular formula is C8H14FNO. The second-order valence-electron chi connectivity index (χ2n) is 2.92. The number of alkyl halides is 1. The summed E-state index contributed by atoms with van der Waals surface area (Å²) in [6.45, 7) is 2.23. The van der Waals surface area contributed by atoms with Gasteiger partial charge in [0.25, 0.3) is 0 Å². The largest absolute Gasteiger partial charge is 0.302 e. The maximum atomic E-state index is 11.7. The van der Waals surface area contributed by atoms with Crippen molar-refractivity contribution in [2.75, 3.05) is 26.3 Å². The standard InChI is InChI=1S/C8H14FNO/c9-4-1-5-10-6-2-8(11)3-7-10/h1-7H2. The molecule has 1 heterocycles. The van der Waals surface area contributed by atoms with Crippen molar-refractivity contribution < 1.29 is 9.18 Å². The molecule has 64 valence electrons. The van der Waals surface area contributed by atoms with Crippen LogP contribution in [0.25, 0.3) is 0 Å². The van der Waals surface area contributed by atoms with Gasteiger partial charge in [0.15, 0.2) is 0 Å². The van der Waals surface area contributed by atoms with Crippen LogP contribution in [0.3, 0.4) is 0 Å². The summed E-state index contributed by atoms with van der Waals surface area (Å²) in [5.74, 6) is 0.349. The molecule has 1 aliphatic rings. The third-order valence-electron chi connectivity index (χ3n) is 2.02. The zero-order valence-corrected chi connectivity index (χ0v) is 6.68. The Balaban J connectivity index is 2.12. The lowest BCUT2D eigenvalue weighted by molar-refractivity contribution is -0.121. The Kier molecular flexibility index (Phi) is 3.49. The number of Topliss-reactive ketones (excluding diaryl/α,β-unsaturated/α-hetero) is 1. The van der Waals surface area contributed by atoms with Crippen LogP contribution in [0, 0.1) is 0 Å². The van der Waals surface area contributed by atoms with Crippen LogP contribution in [-0.4, -0.2) is 37.0 Å². The van der Waals surface area contributed by atoms with E-state index in [-0.39, 0.29) is 6.67 Å². The first-order valence-electron chi connectivity index (χ1n) is 4.13. The zero-order valence-electron chi connectivity index (χ0n) is 6.68. The highest BCUT2D eigenvalue weighted by molar-refractivity contribution is 5.79. The van der Waals surface area contributed by atoms with Crippen molar-refractivity contribution in [2.24, 2.45) is 0 Å². The SMILES string of the molecule is O=C1CCN(CCCF)CC1. The maximum Gasteiger partial charge on any atom is 0.135 e. The van der Waals surface area contributed by atoms with E-state index in [1.54, 1.807) is 0 Å². The molecule has 1 fully saturated rings. The number of carbonyl (C=O) groups excluding carboxylic acids is 1. The molecule has 11 heavy (non-hydrogen) atoms. The molecule has 0 amide bonds. The van der Waals surface area contributed by atoms with Crippen molar-refractivity contribution in [1.29, 1.82) is 0 Å². The van der Waals surface area contributed by atoms with Gasteiger partial charge in [-0.3, -0.25) is 9.18 Å². The van der Waals surface area contributed by atoms with Crippen molar-refractivity contribution in [1.82, 2.24) is 4.90 Å². The van der Waals surface area contributed by atoms with Crippen LogP contribution in [0.5, 0.6) is 0 Å². The maximum absolute atomic E-state index is 11.7. The fourth-order valence-corrected chi connectivity index (χ4v) is 1.31. The molecule has 0 saturated carbocycles. The number of likely N-dealkylation sites (tertiary alicyclic amines) is 1. The summed E-state index contributed by atoms with van der Waals surface area (Å²) < 4.78 is 11.7. The fourth-order valence-electron chi connectivity index (χ4n) is 1.31. The van der Waals surface area contributed by atoms with Crippen LogP contribution in [-0.2, 0) is 4.79 Å². The van der Waals surface area contributed by atoms with Gasteiger partial charge in [0.05, 0.1) is 6.67 Å². The first-order valence-corrected chi connectivity index (χ1v) is 4.13. The Bertz CT molecular complexity index is 128. The minimum absolute atomic E-state index is 0.246. The lowest BCUT2D eigenvalue weighted by Crippen LogP contribution is -2.34. The van der Waals surface area contributed by atoms with Crippen LogP contribution in [0.15, 0.2) is 0 Å². The smallest absolute Gasteiger partial charge is 0.135 e. The van der Waals surface area contributed by atoms with E-state index in [2.05, 4.69) is 4.90 Å². The van der Waals surface area contributed by atoms with Crippen molar-refractivity contribution in [2.45, 2.75) is 19.3 Å². The molecule has 0 aromatic heterocycles. The molecule has 1 aliphatic heterocycles. The normalized spacial score (nSPS) is 20.6. The topological polar surface area (TPSA) is 20.3 Å². The highest BCUT2D eigenvalue weighted by atomic mass is 19.1. The van der Waals surface area contributed by atoms with Gasteiger partial charge in [0, 0.05) is 32.5 Å². The molecule has 0 aromatic rings. The van der Waals surface area contributed by atoms with Gasteiger partial charge in [-0.15, -0.1) is 0 Å². The molecule has 0 N–H and O–H groups in total. The molecule has 0 aliphatic carbocycles. The van der Waals surface area contributed by atoms with E-state index in [0.29, 0.717) is 25.0 Å². The van der Waals surface area contributed by atoms with E-state index < -0.39 is 0 Å². The number of carbonyl (C=O) groups is 1. The van der Waals surface area contributed by atoms with Gasteiger partial charge in [0.1, 0.15) is 5.78 Å². The second kappa shape index (κ2) is 4.44. The predicted molar refractivity (Wildman–Crippen MR) is 41.3 cm³/mol. The van der Waals surface area contributed by atoms with E-state index in [1.165, 1.54) is 0 Å². The summed E-state index contributed by atoms with van der Waals surface area (Å²) >= 11 is 0. The average Bonchev–Trinajstić information content (AvgIpc) is 2.04. The fraction of sp³-hybridized carbons (Fsp3) is 0.875. The predicted octanol–water partition coefficient (Wildman–Crippen LogP) is 1.01. The highest BCUT2D eigenvalue weighted by Crippen LogP contribution is 2.05. The van der Waals surface area contributed by atoms with E-state index >= 15 is 0 Å². The zero-order chi connectivity index (χ0) is 8.10. The Morgan fingerprint density at radius 3 is 2.55 bits per heavy atom. The monoisotopic (exact) mass is 159 g/mol. The number of rotatable bonds is 3. The van der Waals surface area contributed by atoms with Gasteiger partial charge < -0.3 is 4.90 Å². The molecule has 1 rings (SSSR count). The minimum Gasteiger partial charge on any atom is -0.302 e. The Labute approximate surface area is 66.4 Å². The number of piperidine rings is 1. The molecule has 0 radical (unpaired) electrons. The molecule has 0 aromatic carbocycles. The van der Waals surface area contributed by atoms with Gasteiger partial charge in [-0.2, -0.15) is 0 Å². The number of ketones is 1. The third kappa shape index (κ3) is 2.97. The van der Waals surface area contributed by atoms with E-state index in [9.17, 15) is 9.18 Å². The quantitative estimate of drug-likeness (QED) is 0.612. The number of halogens is 1. The van der Waals surface area contributed by atoms with E-state index in [1.807, 2.05) is 0 Å². The third-order valence-corrected chi connectivity index (χ3v) is 2.02. The summed E-state index contributed by atoms with van der Waals surface area (Å²) in [4.78, 5) is 12.9. The second-order valence-corrected chi connectivity index (χ2v) is 2.92. The lowest BCUT2D eigenvalue weighted by atomic mass is 10.1. The first-order chi connectivity index (χ1) is 5.33. The van der Waals surface area contributed by atoms with Crippen LogP contribution in [0.4, 0.5) is 4.39 Å². The Morgan fingerprint density at radius 1 is 1.36 bits per heavy atom. The summed E-state index contributed by atoms with van der Waals surface area (Å²) in [5.41, 5.74) is 0. The minimum atomic E-state index is -0.246. The van der Waals surface area contributed by atoms with Crippen molar-refractivity contribution >= 4 is 5.78 Å². The molecule has 2 nitrogen and oxygen atoms in total. The van der Waals surface area contributed by atoms with Crippen molar-refractivity contribution in [3.63, 3.8) is 0 Å². The van der Waals surface area contributed by atoms with E-state index in [4.69, 9.17) is 0 Å². The van der Waals surface area contributed by atoms with Gasteiger partial charge >= 0.3 is 0 Å². The number of nitrogens with zero attached hydrogens (tertiary/aromatic N) is 1. The molecule has 3 heteroatoms. The summed E-state index contributed by atoms with van der Waals surface area (Å²) in [5, 5.41) is 0. The number of hydrogen-bond donors (Lipinski definition) is 0. The van der Waals surface area contributed by atoms with Crippen LogP contribution in [0.2, 0.25) is 0 Å². The van der Waals surface area contributed by atoms with Crippen molar-refractivity contribution in [3.8, 4) is 0 Å². The van der Waals surface area contributed by atoms with Crippen LogP contribution >= 0.6 is 0 Å². The Morgan fingerprint density at radius 2 is 2.00 bits per heavy atom. The molecule has 0 unspecified atom stereocenters. The molecule has 0 spiro atoms. The highest BCUT2D eigenvalue weighted by Gasteiger charge is 2.14. The molecule has 0 atom stereocenters. The first kappa shape index (κ1) is 8.65. The summed E-state index contributed by atoms with van der Waals surface area (Å²) in [6, 6.07) is 0. The van der Waals surface area contributed by atoms with Crippen LogP contribution < -0.4 is 0 Å². The van der Waals surface area contributed by atoms with Gasteiger partial charge in [-0.25, -0.2) is 0 Å². The van der Waals surface area contributed by atoms with Gasteiger partial charge in [-0.1, -0.05) is 0 Å². The molecular weight excluding hydrogens is 145 g/mol. The van der Waals surface area contributed by atoms with Crippen molar-refractivity contribution in [3.05, 3.63) is 0 Å². The van der Waals surface area contributed by atoms with E-state index in [0.717, 1.165) is 19.6 Å². The van der Waals surface area contributed by atoms with Gasteiger partial charge in [0.2, 0.25) is 0 Å². The average molecular weight is 159 g/mol. The lowest BCUT2D eigenvalue weighted by Gasteiger charge is -2.24. The summed E-state index contributed by atoms with van der Waals surface area (Å²) in [7, 11) is 0. The summed E-state index contributed by atoms with van der Waals surface area (Å²) in [6.07, 6.45) is 1.92. The number of hydrogen-bond acceptors (Lipinski definition) is 2. The molecule has 1 saturated heterocycles. The Hall–Kier alpha value is -0.440.